The summed E-state index contributed by atoms with van der Waals surface area (Å²) in [4.78, 5) is 13.3. The molecule has 2 unspecified atom stereocenters. The van der Waals surface area contributed by atoms with E-state index in [4.69, 9.17) is 5.11 Å². The number of aromatic carboxylic acids is 1. The Balaban J connectivity index is 2.05. The van der Waals surface area contributed by atoms with Crippen molar-refractivity contribution < 1.29 is 15.0 Å². The first-order chi connectivity index (χ1) is 8.58. The largest absolute Gasteiger partial charge is 0.478 e. The van der Waals surface area contributed by atoms with Crippen molar-refractivity contribution in [1.29, 1.82) is 0 Å². The van der Waals surface area contributed by atoms with Crippen LogP contribution in [-0.4, -0.2) is 40.3 Å². The predicted molar refractivity (Wildman–Crippen MR) is 68.5 cm³/mol. The van der Waals surface area contributed by atoms with Gasteiger partial charge < -0.3 is 10.2 Å². The Labute approximate surface area is 107 Å². The number of carboxylic acids is 1. The Hall–Kier alpha value is -1.39. The van der Waals surface area contributed by atoms with Crippen LogP contribution in [0.15, 0.2) is 24.3 Å². The van der Waals surface area contributed by atoms with Gasteiger partial charge in [-0.25, -0.2) is 4.79 Å². The van der Waals surface area contributed by atoms with Gasteiger partial charge in [0.1, 0.15) is 0 Å². The summed E-state index contributed by atoms with van der Waals surface area (Å²) in [5.74, 6) is -0.570. The number of likely N-dealkylation sites (tertiary alicyclic amines) is 1. The maximum atomic E-state index is 11.1. The average molecular weight is 249 g/mol. The summed E-state index contributed by atoms with van der Waals surface area (Å²) in [6.45, 7) is 4.22. The molecule has 1 fully saturated rings. The van der Waals surface area contributed by atoms with E-state index in [9.17, 15) is 9.90 Å². The number of aliphatic hydroxyl groups is 1. The molecule has 0 spiro atoms. The van der Waals surface area contributed by atoms with Crippen molar-refractivity contribution in [3.05, 3.63) is 35.4 Å². The standard InChI is InChI=1S/C14H19NO3/c1-10(16)11-6-7-15(8-11)9-12-4-2-3-5-13(12)14(17)18/h2-5,10-11,16H,6-9H2,1H3,(H,17,18). The molecule has 18 heavy (non-hydrogen) atoms. The van der Waals surface area contributed by atoms with Crippen LogP contribution >= 0.6 is 0 Å². The van der Waals surface area contributed by atoms with Gasteiger partial charge in [-0.05, 0) is 37.4 Å². The van der Waals surface area contributed by atoms with Gasteiger partial charge in [0.25, 0.3) is 0 Å². The summed E-state index contributed by atoms with van der Waals surface area (Å²) < 4.78 is 0. The second-order valence-corrected chi connectivity index (χ2v) is 4.99. The molecular formula is C14H19NO3. The summed E-state index contributed by atoms with van der Waals surface area (Å²) in [6, 6.07) is 7.11. The Morgan fingerprint density at radius 3 is 2.83 bits per heavy atom. The van der Waals surface area contributed by atoms with E-state index in [1.54, 1.807) is 12.1 Å². The minimum Gasteiger partial charge on any atom is -0.478 e. The van der Waals surface area contributed by atoms with Gasteiger partial charge in [0.2, 0.25) is 0 Å². The highest BCUT2D eigenvalue weighted by molar-refractivity contribution is 5.89. The SMILES string of the molecule is CC(O)C1CCN(Cc2ccccc2C(=O)O)C1. The average Bonchev–Trinajstić information content (AvgIpc) is 2.78. The molecule has 4 heteroatoms. The molecule has 0 bridgehead atoms. The maximum Gasteiger partial charge on any atom is 0.336 e. The van der Waals surface area contributed by atoms with E-state index in [2.05, 4.69) is 4.90 Å². The predicted octanol–water partition coefficient (Wildman–Crippen LogP) is 1.59. The second kappa shape index (κ2) is 5.50. The van der Waals surface area contributed by atoms with E-state index in [0.717, 1.165) is 25.1 Å². The number of nitrogens with zero attached hydrogens (tertiary/aromatic N) is 1. The lowest BCUT2D eigenvalue weighted by Crippen LogP contribution is -2.24. The Morgan fingerprint density at radius 1 is 1.50 bits per heavy atom. The van der Waals surface area contributed by atoms with Crippen LogP contribution < -0.4 is 0 Å². The van der Waals surface area contributed by atoms with Crippen molar-refractivity contribution in [2.45, 2.75) is 26.0 Å². The van der Waals surface area contributed by atoms with Crippen molar-refractivity contribution in [3.63, 3.8) is 0 Å². The third-order valence-corrected chi connectivity index (χ3v) is 3.63. The highest BCUT2D eigenvalue weighted by Crippen LogP contribution is 2.22. The van der Waals surface area contributed by atoms with Crippen LogP contribution in [0.2, 0.25) is 0 Å². The number of benzene rings is 1. The van der Waals surface area contributed by atoms with Gasteiger partial charge in [-0.1, -0.05) is 18.2 Å². The van der Waals surface area contributed by atoms with E-state index < -0.39 is 5.97 Å². The van der Waals surface area contributed by atoms with E-state index in [-0.39, 0.29) is 6.10 Å². The zero-order chi connectivity index (χ0) is 13.1. The molecule has 1 aromatic rings. The monoisotopic (exact) mass is 249 g/mol. The summed E-state index contributed by atoms with van der Waals surface area (Å²) in [5, 5.41) is 18.7. The lowest BCUT2D eigenvalue weighted by Gasteiger charge is -2.18. The van der Waals surface area contributed by atoms with Gasteiger partial charge in [0, 0.05) is 13.1 Å². The molecule has 1 saturated heterocycles. The lowest BCUT2D eigenvalue weighted by atomic mass is 10.0. The van der Waals surface area contributed by atoms with Crippen molar-refractivity contribution in [2.24, 2.45) is 5.92 Å². The van der Waals surface area contributed by atoms with E-state index in [0.29, 0.717) is 18.0 Å². The minimum absolute atomic E-state index is 0.287. The molecular weight excluding hydrogens is 230 g/mol. The van der Waals surface area contributed by atoms with Gasteiger partial charge in [-0.3, -0.25) is 4.90 Å². The number of carbonyl (C=O) groups is 1. The molecule has 2 N–H and O–H groups in total. The zero-order valence-electron chi connectivity index (χ0n) is 10.5. The van der Waals surface area contributed by atoms with Crippen LogP contribution in [-0.2, 0) is 6.54 Å². The normalized spacial score (nSPS) is 22.0. The number of rotatable bonds is 4. The van der Waals surface area contributed by atoms with Crippen molar-refractivity contribution in [1.82, 2.24) is 4.90 Å². The molecule has 2 atom stereocenters. The van der Waals surface area contributed by atoms with Crippen LogP contribution in [0.5, 0.6) is 0 Å². The van der Waals surface area contributed by atoms with Crippen molar-refractivity contribution >= 4 is 5.97 Å². The minimum atomic E-state index is -0.878. The molecule has 0 saturated carbocycles. The Morgan fingerprint density at radius 2 is 2.22 bits per heavy atom. The van der Waals surface area contributed by atoms with Crippen LogP contribution in [0, 0.1) is 5.92 Å². The molecule has 0 aliphatic carbocycles. The molecule has 2 rings (SSSR count). The second-order valence-electron chi connectivity index (χ2n) is 4.99. The first kappa shape index (κ1) is 13.1. The van der Waals surface area contributed by atoms with Crippen LogP contribution in [0.4, 0.5) is 0 Å². The summed E-state index contributed by atoms with van der Waals surface area (Å²) in [6.07, 6.45) is 0.692. The van der Waals surface area contributed by atoms with E-state index >= 15 is 0 Å². The van der Waals surface area contributed by atoms with Crippen molar-refractivity contribution in [3.8, 4) is 0 Å². The number of hydrogen-bond acceptors (Lipinski definition) is 3. The quantitative estimate of drug-likeness (QED) is 0.850. The highest BCUT2D eigenvalue weighted by Gasteiger charge is 2.26. The smallest absolute Gasteiger partial charge is 0.336 e. The Bertz CT molecular complexity index is 431. The first-order valence-electron chi connectivity index (χ1n) is 6.29. The molecule has 4 nitrogen and oxygen atoms in total. The molecule has 1 aromatic carbocycles. The molecule has 0 aromatic heterocycles. The molecule has 1 aliphatic heterocycles. The third kappa shape index (κ3) is 2.89. The van der Waals surface area contributed by atoms with E-state index in [1.807, 2.05) is 19.1 Å². The van der Waals surface area contributed by atoms with Gasteiger partial charge in [0.15, 0.2) is 0 Å². The molecule has 98 valence electrons. The van der Waals surface area contributed by atoms with Gasteiger partial charge in [-0.2, -0.15) is 0 Å². The topological polar surface area (TPSA) is 60.8 Å². The number of hydrogen-bond donors (Lipinski definition) is 2. The first-order valence-corrected chi connectivity index (χ1v) is 6.29. The third-order valence-electron chi connectivity index (χ3n) is 3.63. The van der Waals surface area contributed by atoms with Crippen LogP contribution in [0.3, 0.4) is 0 Å². The Kier molecular flexibility index (Phi) is 3.99. The van der Waals surface area contributed by atoms with Crippen LogP contribution in [0.25, 0.3) is 0 Å². The van der Waals surface area contributed by atoms with Crippen molar-refractivity contribution in [2.75, 3.05) is 13.1 Å². The number of aliphatic hydroxyl groups excluding tert-OH is 1. The molecule has 1 aliphatic rings. The molecule has 0 radical (unpaired) electrons. The number of carboxylic acid groups (broad SMARTS) is 1. The summed E-state index contributed by atoms with van der Waals surface area (Å²) in [7, 11) is 0. The van der Waals surface area contributed by atoms with Gasteiger partial charge in [0.05, 0.1) is 11.7 Å². The fourth-order valence-corrected chi connectivity index (χ4v) is 2.51. The summed E-state index contributed by atoms with van der Waals surface area (Å²) in [5.41, 5.74) is 1.22. The summed E-state index contributed by atoms with van der Waals surface area (Å²) >= 11 is 0. The van der Waals surface area contributed by atoms with E-state index in [1.165, 1.54) is 0 Å². The maximum absolute atomic E-state index is 11.1. The van der Waals surface area contributed by atoms with Crippen LogP contribution in [0.1, 0.15) is 29.3 Å². The molecule has 1 heterocycles. The lowest BCUT2D eigenvalue weighted by molar-refractivity contribution is 0.0694. The highest BCUT2D eigenvalue weighted by atomic mass is 16.4. The molecule has 0 amide bonds. The van der Waals surface area contributed by atoms with Gasteiger partial charge >= 0.3 is 5.97 Å². The fraction of sp³-hybridized carbons (Fsp3) is 0.500. The van der Waals surface area contributed by atoms with Gasteiger partial charge in [-0.15, -0.1) is 0 Å². The zero-order valence-corrected chi connectivity index (χ0v) is 10.5. The fourth-order valence-electron chi connectivity index (χ4n) is 2.51.